The molecule has 3 rings (SSSR count). The minimum atomic E-state index is 0. The third-order valence-electron chi connectivity index (χ3n) is 4.61. The summed E-state index contributed by atoms with van der Waals surface area (Å²) in [4.78, 5) is 26.1. The molecular weight excluding hydrogens is 361 g/mol. The lowest BCUT2D eigenvalue weighted by Gasteiger charge is -2.36. The van der Waals surface area contributed by atoms with Crippen LogP contribution in [0.15, 0.2) is 24.3 Å². The molecule has 0 aromatic heterocycles. The molecule has 1 aromatic rings. The number of amides is 2. The van der Waals surface area contributed by atoms with Crippen molar-refractivity contribution in [3.8, 4) is 0 Å². The minimum Gasteiger partial charge on any atom is -0.356 e. The summed E-state index contributed by atoms with van der Waals surface area (Å²) in [5, 5.41) is 6.95. The smallest absolute Gasteiger partial charge is 0.223 e. The van der Waals surface area contributed by atoms with E-state index in [4.69, 9.17) is 11.6 Å². The van der Waals surface area contributed by atoms with E-state index in [0.29, 0.717) is 31.0 Å². The van der Waals surface area contributed by atoms with Gasteiger partial charge in [-0.15, -0.1) is 12.4 Å². The van der Waals surface area contributed by atoms with Gasteiger partial charge in [0.2, 0.25) is 11.8 Å². The number of hydrogen-bond acceptors (Lipinski definition) is 3. The summed E-state index contributed by atoms with van der Waals surface area (Å²) in [5.74, 6) is 0.504. The zero-order valence-corrected chi connectivity index (χ0v) is 15.7. The molecule has 2 N–H and O–H groups in total. The molecule has 1 heterocycles. The number of hydrogen-bond donors (Lipinski definition) is 2. The van der Waals surface area contributed by atoms with Gasteiger partial charge in [-0.1, -0.05) is 23.7 Å². The quantitative estimate of drug-likeness (QED) is 0.739. The molecule has 1 aromatic carbocycles. The lowest BCUT2D eigenvalue weighted by atomic mass is 10.0. The van der Waals surface area contributed by atoms with Crippen LogP contribution in [0, 0.1) is 5.92 Å². The topological polar surface area (TPSA) is 61.4 Å². The van der Waals surface area contributed by atoms with Crippen molar-refractivity contribution < 1.29 is 9.59 Å². The first-order valence-electron chi connectivity index (χ1n) is 8.68. The van der Waals surface area contributed by atoms with Crippen molar-refractivity contribution >= 4 is 35.8 Å². The van der Waals surface area contributed by atoms with Gasteiger partial charge < -0.3 is 15.5 Å². The van der Waals surface area contributed by atoms with Crippen molar-refractivity contribution in [3.05, 3.63) is 34.9 Å². The van der Waals surface area contributed by atoms with Crippen molar-refractivity contribution in [2.45, 2.75) is 31.7 Å². The van der Waals surface area contributed by atoms with Crippen LogP contribution in [0.4, 0.5) is 0 Å². The lowest BCUT2D eigenvalue weighted by molar-refractivity contribution is -0.134. The molecular formula is C18H25Cl2N3O2. The van der Waals surface area contributed by atoms with Gasteiger partial charge in [0.15, 0.2) is 0 Å². The van der Waals surface area contributed by atoms with Crippen molar-refractivity contribution in [1.29, 1.82) is 0 Å². The summed E-state index contributed by atoms with van der Waals surface area (Å²) in [6.07, 6.45) is 3.16. The van der Waals surface area contributed by atoms with Crippen LogP contribution in [-0.4, -0.2) is 42.9 Å². The second-order valence-corrected chi connectivity index (χ2v) is 6.97. The van der Waals surface area contributed by atoms with E-state index in [9.17, 15) is 9.59 Å². The normalized spacial score (nSPS) is 19.9. The fourth-order valence-electron chi connectivity index (χ4n) is 3.10. The van der Waals surface area contributed by atoms with Gasteiger partial charge in [-0.3, -0.25) is 9.59 Å². The highest BCUT2D eigenvalue weighted by molar-refractivity contribution is 6.30. The molecule has 5 nitrogen and oxygen atoms in total. The number of rotatable bonds is 6. The Bertz CT molecular complexity index is 608. The standard InChI is InChI=1S/C18H24ClN3O2.ClH/c19-15-4-1-3-14(11-15)16-12-20-9-10-22(16)17(23)5-2-8-21-18(24)13-6-7-13;/h1,3-4,11,13,16,20H,2,5-10,12H2,(H,21,24);1H. The molecule has 0 radical (unpaired) electrons. The van der Waals surface area contributed by atoms with Crippen LogP contribution in [0.25, 0.3) is 0 Å². The highest BCUT2D eigenvalue weighted by atomic mass is 35.5. The molecule has 7 heteroatoms. The number of halogens is 2. The number of piperazine rings is 1. The average molecular weight is 386 g/mol. The van der Waals surface area contributed by atoms with E-state index in [-0.39, 0.29) is 36.2 Å². The van der Waals surface area contributed by atoms with Crippen LogP contribution in [0.1, 0.15) is 37.3 Å². The molecule has 1 aliphatic heterocycles. The SMILES string of the molecule is Cl.O=C(NCCCC(=O)N1CCNCC1c1cccc(Cl)c1)C1CC1. The third kappa shape index (κ3) is 5.59. The van der Waals surface area contributed by atoms with Gasteiger partial charge in [0.25, 0.3) is 0 Å². The fourth-order valence-corrected chi connectivity index (χ4v) is 3.30. The molecule has 138 valence electrons. The summed E-state index contributed by atoms with van der Waals surface area (Å²) < 4.78 is 0. The molecule has 0 spiro atoms. The molecule has 2 aliphatic rings. The Hall–Kier alpha value is -1.30. The molecule has 1 atom stereocenters. The zero-order chi connectivity index (χ0) is 16.9. The summed E-state index contributed by atoms with van der Waals surface area (Å²) in [7, 11) is 0. The van der Waals surface area contributed by atoms with Crippen LogP contribution < -0.4 is 10.6 Å². The fraction of sp³-hybridized carbons (Fsp3) is 0.556. The van der Waals surface area contributed by atoms with Crippen molar-refractivity contribution in [2.24, 2.45) is 5.92 Å². The Morgan fingerprint density at radius 1 is 1.32 bits per heavy atom. The van der Waals surface area contributed by atoms with E-state index in [0.717, 1.165) is 31.5 Å². The Morgan fingerprint density at radius 3 is 2.84 bits per heavy atom. The number of carbonyl (C=O) groups is 2. The van der Waals surface area contributed by atoms with Crippen LogP contribution in [0.3, 0.4) is 0 Å². The number of nitrogens with zero attached hydrogens (tertiary/aromatic N) is 1. The molecule has 1 unspecified atom stereocenters. The van der Waals surface area contributed by atoms with E-state index in [1.54, 1.807) is 0 Å². The van der Waals surface area contributed by atoms with Gasteiger partial charge in [0.1, 0.15) is 0 Å². The predicted octanol–water partition coefficient (Wildman–Crippen LogP) is 2.54. The van der Waals surface area contributed by atoms with Crippen LogP contribution in [0.2, 0.25) is 5.02 Å². The average Bonchev–Trinajstić information content (AvgIpc) is 3.43. The van der Waals surface area contributed by atoms with Gasteiger partial charge in [0.05, 0.1) is 6.04 Å². The Labute approximate surface area is 159 Å². The van der Waals surface area contributed by atoms with E-state index >= 15 is 0 Å². The number of carbonyl (C=O) groups excluding carboxylic acids is 2. The molecule has 1 saturated carbocycles. The summed E-state index contributed by atoms with van der Waals surface area (Å²) in [5.41, 5.74) is 1.06. The Morgan fingerprint density at radius 2 is 2.12 bits per heavy atom. The molecule has 1 saturated heterocycles. The molecule has 25 heavy (non-hydrogen) atoms. The van der Waals surface area contributed by atoms with Crippen molar-refractivity contribution in [3.63, 3.8) is 0 Å². The maximum Gasteiger partial charge on any atom is 0.223 e. The van der Waals surface area contributed by atoms with Gasteiger partial charge in [-0.2, -0.15) is 0 Å². The van der Waals surface area contributed by atoms with E-state index in [1.165, 1.54) is 0 Å². The highest BCUT2D eigenvalue weighted by Crippen LogP contribution is 2.28. The largest absolute Gasteiger partial charge is 0.356 e. The molecule has 2 fully saturated rings. The van der Waals surface area contributed by atoms with Gasteiger partial charge in [-0.25, -0.2) is 0 Å². The van der Waals surface area contributed by atoms with Crippen molar-refractivity contribution in [1.82, 2.24) is 15.5 Å². The Kier molecular flexibility index (Phi) is 7.54. The summed E-state index contributed by atoms with van der Waals surface area (Å²) in [6, 6.07) is 7.72. The molecule has 0 bridgehead atoms. The van der Waals surface area contributed by atoms with Crippen molar-refractivity contribution in [2.75, 3.05) is 26.2 Å². The first-order valence-corrected chi connectivity index (χ1v) is 9.06. The lowest BCUT2D eigenvalue weighted by Crippen LogP contribution is -2.48. The first kappa shape index (κ1) is 20.0. The molecule has 1 aliphatic carbocycles. The second kappa shape index (κ2) is 9.41. The van der Waals surface area contributed by atoms with Crippen LogP contribution in [-0.2, 0) is 9.59 Å². The number of benzene rings is 1. The highest BCUT2D eigenvalue weighted by Gasteiger charge is 2.30. The van der Waals surface area contributed by atoms with E-state index < -0.39 is 0 Å². The predicted molar refractivity (Wildman–Crippen MR) is 101 cm³/mol. The Balaban J connectivity index is 0.00000225. The van der Waals surface area contributed by atoms with Crippen LogP contribution >= 0.6 is 24.0 Å². The minimum absolute atomic E-state index is 0. The van der Waals surface area contributed by atoms with Gasteiger partial charge in [-0.05, 0) is 37.0 Å². The third-order valence-corrected chi connectivity index (χ3v) is 4.85. The maximum absolute atomic E-state index is 12.6. The monoisotopic (exact) mass is 385 g/mol. The second-order valence-electron chi connectivity index (χ2n) is 6.53. The maximum atomic E-state index is 12.6. The van der Waals surface area contributed by atoms with Gasteiger partial charge >= 0.3 is 0 Å². The molecule has 2 amide bonds. The van der Waals surface area contributed by atoms with E-state index in [1.807, 2.05) is 29.2 Å². The first-order chi connectivity index (χ1) is 11.6. The van der Waals surface area contributed by atoms with E-state index in [2.05, 4.69) is 10.6 Å². The summed E-state index contributed by atoms with van der Waals surface area (Å²) in [6.45, 7) is 2.82. The van der Waals surface area contributed by atoms with Crippen LogP contribution in [0.5, 0.6) is 0 Å². The zero-order valence-electron chi connectivity index (χ0n) is 14.2. The van der Waals surface area contributed by atoms with Gasteiger partial charge in [0, 0.05) is 43.5 Å². The number of nitrogens with one attached hydrogen (secondary N) is 2. The summed E-state index contributed by atoms with van der Waals surface area (Å²) >= 11 is 6.09.